The Morgan fingerprint density at radius 1 is 1.08 bits per heavy atom. The Bertz CT molecular complexity index is 959. The molecule has 0 amide bonds. The summed E-state index contributed by atoms with van der Waals surface area (Å²) in [7, 11) is 0. The second-order valence-corrected chi connectivity index (χ2v) is 5.38. The van der Waals surface area contributed by atoms with E-state index in [1.54, 1.807) is 12.7 Å². The normalized spacial score (nSPS) is 8.65. The molecule has 0 aliphatic heterocycles. The van der Waals surface area contributed by atoms with E-state index in [-0.39, 0.29) is 12.9 Å². The Morgan fingerprint density at radius 3 is 2.27 bits per heavy atom. The van der Waals surface area contributed by atoms with E-state index >= 15 is 0 Å². The lowest BCUT2D eigenvalue weighted by molar-refractivity contribution is 0.572. The highest BCUT2D eigenvalue weighted by molar-refractivity contribution is 7.80. The molecule has 2 heterocycles. The van der Waals surface area contributed by atoms with Gasteiger partial charge in [-0.3, -0.25) is 4.57 Å². The zero-order valence-electron chi connectivity index (χ0n) is 13.3. The van der Waals surface area contributed by atoms with E-state index in [1.807, 2.05) is 60.0 Å². The number of imidazole rings is 2. The third-order valence-corrected chi connectivity index (χ3v) is 3.32. The van der Waals surface area contributed by atoms with Gasteiger partial charge in [0.25, 0.3) is 0 Å². The van der Waals surface area contributed by atoms with Crippen LogP contribution in [0, 0.1) is 0 Å². The van der Waals surface area contributed by atoms with Gasteiger partial charge in [0.05, 0.1) is 33.4 Å². The van der Waals surface area contributed by atoms with E-state index in [0.29, 0.717) is 0 Å². The van der Waals surface area contributed by atoms with Crippen molar-refractivity contribution in [2.45, 2.75) is 14.4 Å². The maximum Gasteiger partial charge on any atom is 0.202 e. The van der Waals surface area contributed by atoms with Crippen LogP contribution in [0.5, 0.6) is 0 Å². The van der Waals surface area contributed by atoms with Crippen LogP contribution in [0.4, 0.5) is 0 Å². The van der Waals surface area contributed by atoms with E-state index in [4.69, 9.17) is 17.0 Å². The van der Waals surface area contributed by atoms with Crippen molar-refractivity contribution in [3.63, 3.8) is 0 Å². The van der Waals surface area contributed by atoms with Gasteiger partial charge < -0.3 is 10.5 Å². The Balaban J connectivity index is 0.000000401. The minimum Gasteiger partial charge on any atom is -0.412 e. The van der Waals surface area contributed by atoms with E-state index in [0.717, 1.165) is 32.3 Å². The fraction of sp³-hybridized carbons (Fsp3) is 0.111. The topological polar surface area (TPSA) is 95.1 Å². The van der Waals surface area contributed by atoms with E-state index in [1.165, 1.54) is 0 Å². The van der Waals surface area contributed by atoms with E-state index < -0.39 is 0 Å². The minimum atomic E-state index is 0. The molecule has 2 aromatic carbocycles. The number of H-pyrrole nitrogens is 1. The Kier molecular flexibility index (Phi) is 10.5. The molecular weight excluding hydrogens is 368 g/mol. The summed E-state index contributed by atoms with van der Waals surface area (Å²) >= 11 is 8.65. The molecular formula is C18H20N4O2S2. The number of aromatic nitrogens is 4. The van der Waals surface area contributed by atoms with Gasteiger partial charge in [0.15, 0.2) is 0 Å². The number of rotatable bonds is 0. The summed E-state index contributed by atoms with van der Waals surface area (Å²) in [6.45, 7) is 1.89. The molecule has 0 saturated carbocycles. The third-order valence-electron chi connectivity index (χ3n) is 3.12. The summed E-state index contributed by atoms with van der Waals surface area (Å²) in [6.07, 6.45) is 3.46. The van der Waals surface area contributed by atoms with Crippen molar-refractivity contribution in [3.05, 3.63) is 61.2 Å². The van der Waals surface area contributed by atoms with Crippen LogP contribution in [0.2, 0.25) is 0 Å². The Labute approximate surface area is 162 Å². The molecule has 4 rings (SSSR count). The molecule has 2 aromatic heterocycles. The standard InChI is InChI=1S/C9H8N2S.C7H6N2.COS.CH4.H2O/c1-7(12)11-6-10-8-4-2-3-5-9(8)11;1-2-4-7-6(3-1)8-5-9-7;2-1-3;;/h2-6H,1H3;1-5H,(H,8,9);;1H4;1H2. The fourth-order valence-electron chi connectivity index (χ4n) is 2.09. The molecule has 0 aliphatic rings. The number of hydrogen-bond donors (Lipinski definition) is 1. The number of benzene rings is 2. The molecule has 4 aromatic rings. The summed E-state index contributed by atoms with van der Waals surface area (Å²) in [5.74, 6) is 0. The summed E-state index contributed by atoms with van der Waals surface area (Å²) in [6, 6.07) is 15.9. The molecule has 0 aliphatic carbocycles. The lowest BCUT2D eigenvalue weighted by Crippen LogP contribution is -2.00. The fourth-order valence-corrected chi connectivity index (χ4v) is 2.24. The first-order valence-corrected chi connectivity index (χ1v) is 7.79. The molecule has 8 heteroatoms. The van der Waals surface area contributed by atoms with Crippen molar-refractivity contribution in [2.75, 3.05) is 0 Å². The van der Waals surface area contributed by atoms with Gasteiger partial charge in [-0.2, -0.15) is 0 Å². The second kappa shape index (κ2) is 11.7. The van der Waals surface area contributed by atoms with Crippen LogP contribution < -0.4 is 0 Å². The first kappa shape index (κ1) is 23.2. The van der Waals surface area contributed by atoms with Crippen molar-refractivity contribution in [1.82, 2.24) is 19.5 Å². The van der Waals surface area contributed by atoms with Gasteiger partial charge >= 0.3 is 0 Å². The predicted octanol–water partition coefficient (Wildman–Crippen LogP) is 3.86. The summed E-state index contributed by atoms with van der Waals surface area (Å²) in [5.41, 5.74) is 4.18. The molecule has 0 saturated heterocycles. The summed E-state index contributed by atoms with van der Waals surface area (Å²) in [5, 5.41) is 1.08. The van der Waals surface area contributed by atoms with Crippen molar-refractivity contribution >= 4 is 56.7 Å². The highest BCUT2D eigenvalue weighted by atomic mass is 32.1. The van der Waals surface area contributed by atoms with Gasteiger partial charge in [-0.25, -0.2) is 14.8 Å². The number of fused-ring (bicyclic) bond motifs is 2. The van der Waals surface area contributed by atoms with Crippen LogP contribution in [0.1, 0.15) is 14.4 Å². The van der Waals surface area contributed by atoms with Crippen LogP contribution in [0.25, 0.3) is 22.1 Å². The smallest absolute Gasteiger partial charge is 0.202 e. The van der Waals surface area contributed by atoms with Crippen LogP contribution in [-0.4, -0.2) is 35.2 Å². The van der Waals surface area contributed by atoms with Crippen molar-refractivity contribution < 1.29 is 10.3 Å². The van der Waals surface area contributed by atoms with Crippen molar-refractivity contribution in [1.29, 1.82) is 0 Å². The monoisotopic (exact) mass is 388 g/mol. The van der Waals surface area contributed by atoms with Gasteiger partial charge in [0.1, 0.15) is 6.33 Å². The molecule has 0 fully saturated rings. The highest BCUT2D eigenvalue weighted by Gasteiger charge is 2.00. The summed E-state index contributed by atoms with van der Waals surface area (Å²) in [4.78, 5) is 20.6. The minimum absolute atomic E-state index is 0. The SMILES string of the molecule is C.CC(=S)n1cnc2ccccc21.O.O=C=S.c1ccc2[nH]cnc2c1. The maximum absolute atomic E-state index is 8.50. The van der Waals surface area contributed by atoms with Crippen LogP contribution in [-0.2, 0) is 4.79 Å². The van der Waals surface area contributed by atoms with Crippen molar-refractivity contribution in [3.8, 4) is 0 Å². The molecule has 0 unspecified atom stereocenters. The Morgan fingerprint density at radius 2 is 1.65 bits per heavy atom. The first-order chi connectivity index (χ1) is 11.7. The highest BCUT2D eigenvalue weighted by Crippen LogP contribution is 2.11. The van der Waals surface area contributed by atoms with Gasteiger partial charge in [0, 0.05) is 12.2 Å². The summed E-state index contributed by atoms with van der Waals surface area (Å²) < 4.78 is 1.91. The maximum atomic E-state index is 8.50. The average Bonchev–Trinajstić information content (AvgIpc) is 3.23. The quantitative estimate of drug-likeness (QED) is 0.462. The van der Waals surface area contributed by atoms with Crippen LogP contribution in [0.3, 0.4) is 0 Å². The number of para-hydroxylation sites is 4. The number of thiocarbonyl (C=S) groups is 2. The third kappa shape index (κ3) is 5.94. The number of carbonyl (C=O) groups excluding carboxylic acids is 1. The van der Waals surface area contributed by atoms with Crippen LogP contribution in [0.15, 0.2) is 61.2 Å². The number of nitrogens with one attached hydrogen (secondary N) is 1. The van der Waals surface area contributed by atoms with Gasteiger partial charge in [0.2, 0.25) is 5.23 Å². The van der Waals surface area contributed by atoms with Crippen molar-refractivity contribution in [2.24, 2.45) is 0 Å². The largest absolute Gasteiger partial charge is 0.412 e. The molecule has 0 spiro atoms. The van der Waals surface area contributed by atoms with Gasteiger partial charge in [-0.15, -0.1) is 0 Å². The Hall–Kier alpha value is -2.77. The van der Waals surface area contributed by atoms with Gasteiger partial charge in [-0.05, 0) is 31.2 Å². The number of hydrogen-bond acceptors (Lipinski definition) is 5. The molecule has 136 valence electrons. The van der Waals surface area contributed by atoms with Gasteiger partial charge in [-0.1, -0.05) is 43.9 Å². The first-order valence-electron chi connectivity index (χ1n) is 6.97. The molecule has 0 atom stereocenters. The average molecular weight is 389 g/mol. The van der Waals surface area contributed by atoms with E-state index in [9.17, 15) is 0 Å². The van der Waals surface area contributed by atoms with E-state index in [2.05, 4.69) is 27.2 Å². The molecule has 3 N–H and O–H groups in total. The zero-order chi connectivity index (χ0) is 17.4. The number of nitrogens with zero attached hydrogens (tertiary/aromatic N) is 3. The zero-order valence-corrected chi connectivity index (χ0v) is 15.0. The molecule has 6 nitrogen and oxygen atoms in total. The second-order valence-electron chi connectivity index (χ2n) is 4.63. The number of aromatic amines is 1. The predicted molar refractivity (Wildman–Crippen MR) is 113 cm³/mol. The molecule has 0 bridgehead atoms. The molecule has 26 heavy (non-hydrogen) atoms. The lowest BCUT2D eigenvalue weighted by atomic mass is 10.3. The lowest BCUT2D eigenvalue weighted by Gasteiger charge is -1.97. The molecule has 0 radical (unpaired) electrons. The van der Waals surface area contributed by atoms with Crippen LogP contribution >= 0.6 is 24.4 Å².